The van der Waals surface area contributed by atoms with Gasteiger partial charge in [0.2, 0.25) is 0 Å². The Balaban J connectivity index is 1.70. The van der Waals surface area contributed by atoms with E-state index in [-0.39, 0.29) is 24.5 Å². The molecule has 116 valence electrons. The van der Waals surface area contributed by atoms with Gasteiger partial charge in [-0.05, 0) is 42.7 Å². The van der Waals surface area contributed by atoms with Crippen LogP contribution in [-0.4, -0.2) is 51.4 Å². The van der Waals surface area contributed by atoms with Gasteiger partial charge in [0, 0.05) is 43.7 Å². The molecule has 1 fully saturated rings. The number of nitrogens with two attached hydrogens (primary N) is 1. The molecule has 1 aromatic carbocycles. The van der Waals surface area contributed by atoms with Crippen molar-refractivity contribution in [1.29, 1.82) is 0 Å². The molecular formula is C16H20N4O2. The monoisotopic (exact) mass is 300 g/mol. The summed E-state index contributed by atoms with van der Waals surface area (Å²) >= 11 is 0. The predicted octanol–water partition coefficient (Wildman–Crippen LogP) is 0.654. The maximum Gasteiger partial charge on any atom is 0.253 e. The Morgan fingerprint density at radius 1 is 1.32 bits per heavy atom. The molecule has 1 saturated heterocycles. The topological polar surface area (TPSA) is 84.4 Å². The number of likely N-dealkylation sites (tertiary alicyclic amines) is 1. The Morgan fingerprint density at radius 3 is 2.73 bits per heavy atom. The van der Waals surface area contributed by atoms with Crippen LogP contribution in [0.4, 0.5) is 0 Å². The number of amides is 1. The summed E-state index contributed by atoms with van der Waals surface area (Å²) in [6, 6.07) is 9.17. The van der Waals surface area contributed by atoms with Crippen molar-refractivity contribution in [3.05, 3.63) is 48.3 Å². The van der Waals surface area contributed by atoms with Gasteiger partial charge in [-0.2, -0.15) is 5.10 Å². The first-order valence-electron chi connectivity index (χ1n) is 7.45. The van der Waals surface area contributed by atoms with Crippen LogP contribution in [0.15, 0.2) is 42.7 Å². The Hall–Kier alpha value is -2.18. The molecular weight excluding hydrogens is 280 g/mol. The van der Waals surface area contributed by atoms with E-state index < -0.39 is 0 Å². The average molecular weight is 300 g/mol. The highest BCUT2D eigenvalue weighted by Crippen LogP contribution is 2.21. The fraction of sp³-hybridized carbons (Fsp3) is 0.375. The van der Waals surface area contributed by atoms with Crippen LogP contribution in [0.5, 0.6) is 0 Å². The first-order valence-corrected chi connectivity index (χ1v) is 7.45. The summed E-state index contributed by atoms with van der Waals surface area (Å²) < 4.78 is 1.75. The van der Waals surface area contributed by atoms with Gasteiger partial charge in [0.15, 0.2) is 0 Å². The molecule has 1 aliphatic rings. The van der Waals surface area contributed by atoms with Gasteiger partial charge in [-0.15, -0.1) is 0 Å². The third-order valence-electron chi connectivity index (χ3n) is 4.16. The van der Waals surface area contributed by atoms with Gasteiger partial charge < -0.3 is 15.7 Å². The highest BCUT2D eigenvalue weighted by molar-refractivity contribution is 5.94. The molecule has 0 bridgehead atoms. The molecule has 0 spiro atoms. The number of carbonyl (C=O) groups excluding carboxylic acids is 1. The molecule has 0 radical (unpaired) electrons. The molecule has 2 atom stereocenters. The SMILES string of the molecule is N[C@H]1CN(C(=O)c2ccc(-n3cccn3)cc2)C[C@@H]1CCO. The van der Waals surface area contributed by atoms with Crippen molar-refractivity contribution >= 4 is 5.91 Å². The number of hydrogen-bond acceptors (Lipinski definition) is 4. The minimum absolute atomic E-state index is 0.0112. The van der Waals surface area contributed by atoms with Crippen molar-refractivity contribution in [1.82, 2.24) is 14.7 Å². The third kappa shape index (κ3) is 2.88. The molecule has 3 N–H and O–H groups in total. The van der Waals surface area contributed by atoms with Crippen LogP contribution >= 0.6 is 0 Å². The standard InChI is InChI=1S/C16H20N4O2/c17-15-11-19(10-13(15)6-9-21)16(22)12-2-4-14(5-3-12)20-8-1-7-18-20/h1-5,7-8,13,15,21H,6,9-11,17H2/t13-,15-/m0/s1. The van der Waals surface area contributed by atoms with Crippen molar-refractivity contribution in [2.45, 2.75) is 12.5 Å². The smallest absolute Gasteiger partial charge is 0.253 e. The van der Waals surface area contributed by atoms with Gasteiger partial charge in [-0.3, -0.25) is 4.79 Å². The van der Waals surface area contributed by atoms with E-state index in [2.05, 4.69) is 5.10 Å². The highest BCUT2D eigenvalue weighted by Gasteiger charge is 2.32. The first kappa shape index (κ1) is 14.7. The normalized spacial score (nSPS) is 21.3. The van der Waals surface area contributed by atoms with E-state index in [9.17, 15) is 4.79 Å². The summed E-state index contributed by atoms with van der Waals surface area (Å²) in [6.45, 7) is 1.27. The second-order valence-electron chi connectivity index (χ2n) is 5.64. The van der Waals surface area contributed by atoms with Gasteiger partial charge >= 0.3 is 0 Å². The average Bonchev–Trinajstić information content (AvgIpc) is 3.18. The summed E-state index contributed by atoms with van der Waals surface area (Å²) in [4.78, 5) is 14.3. The lowest BCUT2D eigenvalue weighted by atomic mass is 10.0. The van der Waals surface area contributed by atoms with Crippen LogP contribution < -0.4 is 5.73 Å². The number of aromatic nitrogens is 2. The van der Waals surface area contributed by atoms with Crippen LogP contribution in [0.2, 0.25) is 0 Å². The molecule has 22 heavy (non-hydrogen) atoms. The number of nitrogens with zero attached hydrogens (tertiary/aromatic N) is 3. The van der Waals surface area contributed by atoms with Crippen LogP contribution in [0.25, 0.3) is 5.69 Å². The lowest BCUT2D eigenvalue weighted by Crippen LogP contribution is -2.32. The first-order chi connectivity index (χ1) is 10.7. The Bertz CT molecular complexity index is 624. The quantitative estimate of drug-likeness (QED) is 0.868. The molecule has 3 rings (SSSR count). The van der Waals surface area contributed by atoms with E-state index in [1.54, 1.807) is 15.8 Å². The number of hydrogen-bond donors (Lipinski definition) is 2. The second-order valence-corrected chi connectivity index (χ2v) is 5.64. The zero-order valence-corrected chi connectivity index (χ0v) is 12.3. The molecule has 6 heteroatoms. The molecule has 1 amide bonds. The van der Waals surface area contributed by atoms with E-state index in [0.717, 1.165) is 5.69 Å². The van der Waals surface area contributed by atoms with Gasteiger partial charge in [-0.1, -0.05) is 0 Å². The minimum atomic E-state index is -0.0561. The molecule has 2 aromatic rings. The summed E-state index contributed by atoms with van der Waals surface area (Å²) in [5, 5.41) is 13.2. The number of rotatable bonds is 4. The third-order valence-corrected chi connectivity index (χ3v) is 4.16. The van der Waals surface area contributed by atoms with E-state index in [1.165, 1.54) is 0 Å². The lowest BCUT2D eigenvalue weighted by molar-refractivity contribution is 0.0784. The largest absolute Gasteiger partial charge is 0.396 e. The summed E-state index contributed by atoms with van der Waals surface area (Å²) in [6.07, 6.45) is 4.21. The number of benzene rings is 1. The van der Waals surface area contributed by atoms with Crippen molar-refractivity contribution in [3.8, 4) is 5.69 Å². The van der Waals surface area contributed by atoms with E-state index in [0.29, 0.717) is 25.1 Å². The van der Waals surface area contributed by atoms with Crippen LogP contribution in [0.1, 0.15) is 16.8 Å². The second kappa shape index (κ2) is 6.29. The molecule has 0 saturated carbocycles. The molecule has 1 aromatic heterocycles. The predicted molar refractivity (Wildman–Crippen MR) is 82.6 cm³/mol. The summed E-state index contributed by atoms with van der Waals surface area (Å²) in [5.74, 6) is 0.167. The van der Waals surface area contributed by atoms with Crippen LogP contribution in [0.3, 0.4) is 0 Å². The Kier molecular flexibility index (Phi) is 4.22. The summed E-state index contributed by atoms with van der Waals surface area (Å²) in [5.41, 5.74) is 7.60. The highest BCUT2D eigenvalue weighted by atomic mass is 16.3. The molecule has 6 nitrogen and oxygen atoms in total. The Labute approximate surface area is 129 Å². The zero-order valence-electron chi connectivity index (χ0n) is 12.3. The molecule has 1 aliphatic heterocycles. The zero-order chi connectivity index (χ0) is 15.5. The van der Waals surface area contributed by atoms with E-state index in [4.69, 9.17) is 10.8 Å². The molecule has 0 unspecified atom stereocenters. The van der Waals surface area contributed by atoms with Gasteiger partial charge in [0.1, 0.15) is 0 Å². The van der Waals surface area contributed by atoms with Gasteiger partial charge in [0.25, 0.3) is 5.91 Å². The molecule has 0 aliphatic carbocycles. The van der Waals surface area contributed by atoms with Crippen molar-refractivity contribution in [2.75, 3.05) is 19.7 Å². The van der Waals surface area contributed by atoms with E-state index in [1.807, 2.05) is 36.5 Å². The van der Waals surface area contributed by atoms with Gasteiger partial charge in [0.05, 0.1) is 5.69 Å². The summed E-state index contributed by atoms with van der Waals surface area (Å²) in [7, 11) is 0. The van der Waals surface area contributed by atoms with Crippen molar-refractivity contribution in [2.24, 2.45) is 11.7 Å². The minimum Gasteiger partial charge on any atom is -0.396 e. The lowest BCUT2D eigenvalue weighted by Gasteiger charge is -2.16. The van der Waals surface area contributed by atoms with Crippen molar-refractivity contribution in [3.63, 3.8) is 0 Å². The van der Waals surface area contributed by atoms with E-state index >= 15 is 0 Å². The maximum absolute atomic E-state index is 12.5. The van der Waals surface area contributed by atoms with Crippen LogP contribution in [0, 0.1) is 5.92 Å². The molecule has 2 heterocycles. The number of aliphatic hydroxyl groups excluding tert-OH is 1. The van der Waals surface area contributed by atoms with Crippen LogP contribution in [-0.2, 0) is 0 Å². The Morgan fingerprint density at radius 2 is 2.09 bits per heavy atom. The van der Waals surface area contributed by atoms with Gasteiger partial charge in [-0.25, -0.2) is 4.68 Å². The maximum atomic E-state index is 12.5. The number of aliphatic hydroxyl groups is 1. The fourth-order valence-electron chi connectivity index (χ4n) is 2.89. The van der Waals surface area contributed by atoms with Crippen molar-refractivity contribution < 1.29 is 9.90 Å². The fourth-order valence-corrected chi connectivity index (χ4v) is 2.89. The number of carbonyl (C=O) groups is 1.